The lowest BCUT2D eigenvalue weighted by atomic mass is 10.00. The van der Waals surface area contributed by atoms with Crippen molar-refractivity contribution >= 4 is 0 Å². The minimum absolute atomic E-state index is 0.673. The van der Waals surface area contributed by atoms with Gasteiger partial charge in [-0.2, -0.15) is 0 Å². The van der Waals surface area contributed by atoms with E-state index in [0.29, 0.717) is 5.92 Å². The van der Waals surface area contributed by atoms with E-state index in [9.17, 15) is 0 Å². The first kappa shape index (κ1) is 20.3. The zero-order valence-corrected chi connectivity index (χ0v) is 17.5. The second-order valence-corrected chi connectivity index (χ2v) is 7.86. The van der Waals surface area contributed by atoms with Gasteiger partial charge in [-0.3, -0.25) is 0 Å². The van der Waals surface area contributed by atoms with Gasteiger partial charge in [0.05, 0.1) is 0 Å². The van der Waals surface area contributed by atoms with Crippen molar-refractivity contribution < 1.29 is 0 Å². The molecule has 0 aliphatic carbocycles. The van der Waals surface area contributed by atoms with Crippen LogP contribution in [0.5, 0.6) is 0 Å². The number of nitrogens with zero attached hydrogens (tertiary/aromatic N) is 2. The molecule has 1 aromatic heterocycles. The van der Waals surface area contributed by atoms with Crippen LogP contribution < -0.4 is 0 Å². The monoisotopic (exact) mass is 372 g/mol. The standard InChI is InChI=1S/C26H32N2/c1-4-6-7-8-21-9-11-23(12-10-21)24-13-15-25(16-14-24)26-27-18-22(19-28-26)17-20(3)5-2/h9-16,18-20H,4-8,17H2,1-3H3/t20-/m0/s1. The van der Waals surface area contributed by atoms with E-state index in [1.807, 2.05) is 12.4 Å². The lowest BCUT2D eigenvalue weighted by Gasteiger charge is -2.08. The molecule has 146 valence electrons. The number of benzene rings is 2. The van der Waals surface area contributed by atoms with Crippen LogP contribution in [0.25, 0.3) is 22.5 Å². The SMILES string of the molecule is CCCCCc1ccc(-c2ccc(-c3ncc(C[C@@H](C)CC)cn3)cc2)cc1. The van der Waals surface area contributed by atoms with Crippen molar-refractivity contribution in [1.82, 2.24) is 9.97 Å². The van der Waals surface area contributed by atoms with Crippen molar-refractivity contribution in [2.75, 3.05) is 0 Å². The van der Waals surface area contributed by atoms with Gasteiger partial charge < -0.3 is 0 Å². The Morgan fingerprint density at radius 1 is 0.714 bits per heavy atom. The normalized spacial score (nSPS) is 12.1. The highest BCUT2D eigenvalue weighted by Crippen LogP contribution is 2.24. The summed E-state index contributed by atoms with van der Waals surface area (Å²) >= 11 is 0. The molecule has 1 atom stereocenters. The maximum atomic E-state index is 4.57. The molecule has 0 N–H and O–H groups in total. The molecular weight excluding hydrogens is 340 g/mol. The first-order chi connectivity index (χ1) is 13.7. The van der Waals surface area contributed by atoms with Crippen molar-refractivity contribution in [2.24, 2.45) is 5.92 Å². The van der Waals surface area contributed by atoms with Crippen molar-refractivity contribution in [3.05, 3.63) is 72.1 Å². The van der Waals surface area contributed by atoms with Crippen LogP contribution in [0.2, 0.25) is 0 Å². The average Bonchev–Trinajstić information content (AvgIpc) is 2.75. The minimum atomic E-state index is 0.673. The van der Waals surface area contributed by atoms with E-state index in [4.69, 9.17) is 0 Å². The highest BCUT2D eigenvalue weighted by molar-refractivity contribution is 5.67. The van der Waals surface area contributed by atoms with Crippen LogP contribution in [0, 0.1) is 5.92 Å². The van der Waals surface area contributed by atoms with Gasteiger partial charge in [0.2, 0.25) is 0 Å². The van der Waals surface area contributed by atoms with E-state index in [1.165, 1.54) is 54.4 Å². The van der Waals surface area contributed by atoms with E-state index < -0.39 is 0 Å². The minimum Gasteiger partial charge on any atom is -0.236 e. The van der Waals surface area contributed by atoms with Crippen molar-refractivity contribution in [3.8, 4) is 22.5 Å². The summed E-state index contributed by atoms with van der Waals surface area (Å²) in [5, 5.41) is 0. The number of hydrogen-bond donors (Lipinski definition) is 0. The predicted molar refractivity (Wildman–Crippen MR) is 119 cm³/mol. The van der Waals surface area contributed by atoms with E-state index in [2.05, 4.69) is 79.3 Å². The molecule has 0 spiro atoms. The van der Waals surface area contributed by atoms with Gasteiger partial charge in [0, 0.05) is 18.0 Å². The maximum Gasteiger partial charge on any atom is 0.159 e. The summed E-state index contributed by atoms with van der Waals surface area (Å²) in [5.41, 5.74) is 6.20. The Hall–Kier alpha value is -2.48. The molecule has 2 heteroatoms. The van der Waals surface area contributed by atoms with Crippen LogP contribution in [0.15, 0.2) is 60.9 Å². The number of hydrogen-bond acceptors (Lipinski definition) is 2. The van der Waals surface area contributed by atoms with Crippen molar-refractivity contribution in [3.63, 3.8) is 0 Å². The molecule has 2 nitrogen and oxygen atoms in total. The summed E-state index contributed by atoms with van der Waals surface area (Å²) in [5.74, 6) is 1.47. The highest BCUT2D eigenvalue weighted by Gasteiger charge is 2.06. The topological polar surface area (TPSA) is 25.8 Å². The second-order valence-electron chi connectivity index (χ2n) is 7.86. The number of aryl methyl sites for hydroxylation is 1. The summed E-state index contributed by atoms with van der Waals surface area (Å²) in [4.78, 5) is 9.15. The van der Waals surface area contributed by atoms with E-state index in [1.54, 1.807) is 0 Å². The van der Waals surface area contributed by atoms with Gasteiger partial charge in [0.25, 0.3) is 0 Å². The molecule has 0 unspecified atom stereocenters. The summed E-state index contributed by atoms with van der Waals surface area (Å²) in [6, 6.07) is 17.6. The number of aromatic nitrogens is 2. The zero-order chi connectivity index (χ0) is 19.8. The van der Waals surface area contributed by atoms with Gasteiger partial charge in [0.1, 0.15) is 0 Å². The summed E-state index contributed by atoms with van der Waals surface area (Å²) in [6.45, 7) is 6.74. The first-order valence-electron chi connectivity index (χ1n) is 10.7. The lowest BCUT2D eigenvalue weighted by molar-refractivity contribution is 0.558. The molecule has 0 radical (unpaired) electrons. The fourth-order valence-corrected chi connectivity index (χ4v) is 3.41. The van der Waals surface area contributed by atoms with Gasteiger partial charge in [-0.15, -0.1) is 0 Å². The smallest absolute Gasteiger partial charge is 0.159 e. The zero-order valence-electron chi connectivity index (χ0n) is 17.5. The van der Waals surface area contributed by atoms with E-state index >= 15 is 0 Å². The molecule has 0 saturated carbocycles. The van der Waals surface area contributed by atoms with Gasteiger partial charge >= 0.3 is 0 Å². The van der Waals surface area contributed by atoms with Crippen LogP contribution in [0.3, 0.4) is 0 Å². The molecule has 0 bridgehead atoms. The summed E-state index contributed by atoms with van der Waals surface area (Å²) in [7, 11) is 0. The molecule has 0 aliphatic rings. The van der Waals surface area contributed by atoms with Gasteiger partial charge in [0.15, 0.2) is 5.82 Å². The van der Waals surface area contributed by atoms with Crippen LogP contribution >= 0.6 is 0 Å². The number of rotatable bonds is 9. The fraction of sp³-hybridized carbons (Fsp3) is 0.385. The fourth-order valence-electron chi connectivity index (χ4n) is 3.41. The third-order valence-electron chi connectivity index (χ3n) is 5.49. The second kappa shape index (κ2) is 10.2. The lowest BCUT2D eigenvalue weighted by Crippen LogP contribution is -2.00. The molecule has 0 fully saturated rings. The molecule has 0 saturated heterocycles. The Morgan fingerprint density at radius 2 is 1.29 bits per heavy atom. The Labute approximate surface area is 170 Å². The first-order valence-corrected chi connectivity index (χ1v) is 10.7. The predicted octanol–water partition coefficient (Wildman–Crippen LogP) is 7.13. The van der Waals surface area contributed by atoms with E-state index in [-0.39, 0.29) is 0 Å². The van der Waals surface area contributed by atoms with Crippen molar-refractivity contribution in [2.45, 2.75) is 59.3 Å². The third-order valence-corrected chi connectivity index (χ3v) is 5.49. The Morgan fingerprint density at radius 3 is 1.86 bits per heavy atom. The third kappa shape index (κ3) is 5.51. The highest BCUT2D eigenvalue weighted by atomic mass is 14.9. The molecular formula is C26H32N2. The molecule has 3 aromatic rings. The quantitative estimate of drug-likeness (QED) is 0.373. The summed E-state index contributed by atoms with van der Waals surface area (Å²) < 4.78 is 0. The van der Waals surface area contributed by atoms with Gasteiger partial charge in [-0.1, -0.05) is 88.6 Å². The van der Waals surface area contributed by atoms with Gasteiger partial charge in [-0.25, -0.2) is 9.97 Å². The molecule has 0 aliphatic heterocycles. The Bertz CT molecular complexity index is 833. The van der Waals surface area contributed by atoms with Crippen LogP contribution in [-0.2, 0) is 12.8 Å². The molecule has 3 rings (SSSR count). The Balaban J connectivity index is 1.66. The summed E-state index contributed by atoms with van der Waals surface area (Å²) in [6.07, 6.45) is 11.2. The molecule has 1 heterocycles. The van der Waals surface area contributed by atoms with Crippen LogP contribution in [-0.4, -0.2) is 9.97 Å². The molecule has 0 amide bonds. The molecule has 2 aromatic carbocycles. The van der Waals surface area contributed by atoms with Crippen LogP contribution in [0.1, 0.15) is 57.6 Å². The van der Waals surface area contributed by atoms with Gasteiger partial charge in [-0.05, 0) is 47.4 Å². The van der Waals surface area contributed by atoms with Crippen molar-refractivity contribution in [1.29, 1.82) is 0 Å². The van der Waals surface area contributed by atoms with Crippen LogP contribution in [0.4, 0.5) is 0 Å². The maximum absolute atomic E-state index is 4.57. The largest absolute Gasteiger partial charge is 0.236 e. The number of unbranched alkanes of at least 4 members (excludes halogenated alkanes) is 2. The Kier molecular flexibility index (Phi) is 7.36. The molecule has 28 heavy (non-hydrogen) atoms. The van der Waals surface area contributed by atoms with E-state index in [0.717, 1.165) is 17.8 Å². The average molecular weight is 373 g/mol.